The van der Waals surface area contributed by atoms with E-state index in [1.165, 1.54) is 32.2 Å². The van der Waals surface area contributed by atoms with Crippen molar-refractivity contribution >= 4 is 5.91 Å². The summed E-state index contributed by atoms with van der Waals surface area (Å²) in [5, 5.41) is 3.64. The first-order valence-electron chi connectivity index (χ1n) is 8.59. The van der Waals surface area contributed by atoms with Gasteiger partial charge in [-0.05, 0) is 51.6 Å². The minimum atomic E-state index is 0.0207. The van der Waals surface area contributed by atoms with Crippen molar-refractivity contribution in [1.82, 2.24) is 15.1 Å². The predicted octanol–water partition coefficient (Wildman–Crippen LogP) is 0.698. The summed E-state index contributed by atoms with van der Waals surface area (Å²) in [6, 6.07) is 0.700. The summed E-state index contributed by atoms with van der Waals surface area (Å²) in [6.45, 7) is 8.29. The lowest BCUT2D eigenvalue weighted by Crippen LogP contribution is -2.54. The van der Waals surface area contributed by atoms with Crippen molar-refractivity contribution in [2.75, 3.05) is 45.9 Å². The highest BCUT2D eigenvalue weighted by atomic mass is 16.5. The molecule has 0 aromatic carbocycles. The number of likely N-dealkylation sites (tertiary alicyclic amines) is 1. The van der Waals surface area contributed by atoms with Gasteiger partial charge in [-0.2, -0.15) is 0 Å². The Morgan fingerprint density at radius 3 is 2.71 bits per heavy atom. The quantitative estimate of drug-likeness (QED) is 0.832. The second-order valence-corrected chi connectivity index (χ2v) is 6.71. The molecule has 1 amide bonds. The van der Waals surface area contributed by atoms with Gasteiger partial charge in [-0.15, -0.1) is 0 Å². The minimum absolute atomic E-state index is 0.0207. The molecule has 3 aliphatic heterocycles. The van der Waals surface area contributed by atoms with Gasteiger partial charge in [-0.25, -0.2) is 0 Å². The van der Waals surface area contributed by atoms with Crippen molar-refractivity contribution in [3.63, 3.8) is 0 Å². The van der Waals surface area contributed by atoms with Gasteiger partial charge in [0, 0.05) is 25.7 Å². The topological polar surface area (TPSA) is 44.8 Å². The first-order valence-corrected chi connectivity index (χ1v) is 8.59. The molecule has 0 bridgehead atoms. The first kappa shape index (κ1) is 15.3. The lowest BCUT2D eigenvalue weighted by atomic mass is 9.89. The Morgan fingerprint density at radius 1 is 1.19 bits per heavy atom. The van der Waals surface area contributed by atoms with Crippen LogP contribution in [0.2, 0.25) is 0 Å². The van der Waals surface area contributed by atoms with Gasteiger partial charge in [0.1, 0.15) is 0 Å². The Bertz CT molecular complexity index is 351. The number of rotatable bonds is 3. The molecule has 3 aliphatic rings. The largest absolute Gasteiger partial charge is 0.378 e. The normalized spacial score (nSPS) is 33.1. The van der Waals surface area contributed by atoms with Gasteiger partial charge in [-0.1, -0.05) is 0 Å². The molecule has 0 aromatic heterocycles. The number of nitrogens with zero attached hydrogens (tertiary/aromatic N) is 2. The van der Waals surface area contributed by atoms with Crippen molar-refractivity contribution in [1.29, 1.82) is 0 Å². The average Bonchev–Trinajstić information content (AvgIpc) is 3.09. The number of carbonyl (C=O) groups excluding carboxylic acids is 1. The van der Waals surface area contributed by atoms with Crippen molar-refractivity contribution in [2.45, 2.75) is 44.7 Å². The molecular weight excluding hydrogens is 266 g/mol. The molecule has 5 nitrogen and oxygen atoms in total. The van der Waals surface area contributed by atoms with E-state index in [4.69, 9.17) is 4.74 Å². The summed E-state index contributed by atoms with van der Waals surface area (Å²) in [4.78, 5) is 17.0. The summed E-state index contributed by atoms with van der Waals surface area (Å²) in [5.74, 6) is 1.01. The Balaban J connectivity index is 1.55. The Hall–Kier alpha value is -0.650. The number of nitrogens with one attached hydrogen (secondary N) is 1. The highest BCUT2D eigenvalue weighted by Gasteiger charge is 2.34. The molecule has 3 rings (SSSR count). The SMILES string of the molecule is CC(C(=O)N1CCOCC1)N1CCCC(C2CCCN2)C1. The molecule has 0 aromatic rings. The monoisotopic (exact) mass is 295 g/mol. The zero-order valence-electron chi connectivity index (χ0n) is 13.2. The van der Waals surface area contributed by atoms with Crippen LogP contribution in [-0.2, 0) is 9.53 Å². The van der Waals surface area contributed by atoms with Crippen LogP contribution in [0.1, 0.15) is 32.6 Å². The van der Waals surface area contributed by atoms with Gasteiger partial charge in [-0.3, -0.25) is 9.69 Å². The summed E-state index contributed by atoms with van der Waals surface area (Å²) < 4.78 is 5.34. The lowest BCUT2D eigenvalue weighted by molar-refractivity contribution is -0.141. The minimum Gasteiger partial charge on any atom is -0.378 e. The van der Waals surface area contributed by atoms with Gasteiger partial charge >= 0.3 is 0 Å². The van der Waals surface area contributed by atoms with Gasteiger partial charge in [0.25, 0.3) is 0 Å². The number of hydrogen-bond donors (Lipinski definition) is 1. The second kappa shape index (κ2) is 7.07. The maximum atomic E-state index is 12.6. The van der Waals surface area contributed by atoms with E-state index in [0.29, 0.717) is 25.2 Å². The molecule has 0 spiro atoms. The van der Waals surface area contributed by atoms with E-state index >= 15 is 0 Å². The third-order valence-electron chi connectivity index (χ3n) is 5.38. The molecule has 21 heavy (non-hydrogen) atoms. The zero-order valence-corrected chi connectivity index (χ0v) is 13.2. The number of amides is 1. The molecule has 3 saturated heterocycles. The van der Waals surface area contributed by atoms with Crippen LogP contribution in [0, 0.1) is 5.92 Å². The second-order valence-electron chi connectivity index (χ2n) is 6.71. The predicted molar refractivity (Wildman–Crippen MR) is 82.2 cm³/mol. The molecule has 0 saturated carbocycles. The number of piperidine rings is 1. The van der Waals surface area contributed by atoms with Crippen LogP contribution < -0.4 is 5.32 Å². The molecular formula is C16H29N3O2. The van der Waals surface area contributed by atoms with Gasteiger partial charge in [0.2, 0.25) is 5.91 Å². The van der Waals surface area contributed by atoms with E-state index in [9.17, 15) is 4.79 Å². The average molecular weight is 295 g/mol. The zero-order chi connectivity index (χ0) is 14.7. The fourth-order valence-electron chi connectivity index (χ4n) is 4.04. The number of ether oxygens (including phenoxy) is 1. The third kappa shape index (κ3) is 3.58. The van der Waals surface area contributed by atoms with Crippen LogP contribution in [0.25, 0.3) is 0 Å². The third-order valence-corrected chi connectivity index (χ3v) is 5.38. The van der Waals surface area contributed by atoms with Crippen LogP contribution >= 0.6 is 0 Å². The molecule has 3 unspecified atom stereocenters. The molecule has 3 heterocycles. The fraction of sp³-hybridized carbons (Fsp3) is 0.938. The number of carbonyl (C=O) groups is 1. The van der Waals surface area contributed by atoms with Gasteiger partial charge in [0.05, 0.1) is 19.3 Å². The van der Waals surface area contributed by atoms with Crippen molar-refractivity contribution in [3.05, 3.63) is 0 Å². The number of hydrogen-bond acceptors (Lipinski definition) is 4. The van der Waals surface area contributed by atoms with Crippen LogP contribution in [0.3, 0.4) is 0 Å². The standard InChI is InChI=1S/C16H29N3O2/c1-13(16(20)18-8-10-21-11-9-18)19-7-3-4-14(12-19)15-5-2-6-17-15/h13-15,17H,2-12H2,1H3. The molecule has 120 valence electrons. The number of morpholine rings is 1. The highest BCUT2D eigenvalue weighted by molar-refractivity contribution is 5.81. The van der Waals surface area contributed by atoms with Crippen LogP contribution in [0.15, 0.2) is 0 Å². The van der Waals surface area contributed by atoms with E-state index in [1.807, 2.05) is 4.90 Å². The highest BCUT2D eigenvalue weighted by Crippen LogP contribution is 2.26. The van der Waals surface area contributed by atoms with Crippen molar-refractivity contribution < 1.29 is 9.53 Å². The molecule has 3 atom stereocenters. The maximum absolute atomic E-state index is 12.6. The van der Waals surface area contributed by atoms with E-state index < -0.39 is 0 Å². The molecule has 0 aliphatic carbocycles. The van der Waals surface area contributed by atoms with E-state index in [2.05, 4.69) is 17.1 Å². The smallest absolute Gasteiger partial charge is 0.239 e. The summed E-state index contributed by atoms with van der Waals surface area (Å²) in [5.41, 5.74) is 0. The summed E-state index contributed by atoms with van der Waals surface area (Å²) in [7, 11) is 0. The molecule has 1 N–H and O–H groups in total. The summed E-state index contributed by atoms with van der Waals surface area (Å²) in [6.07, 6.45) is 5.16. The van der Waals surface area contributed by atoms with E-state index in [0.717, 1.165) is 32.1 Å². The Kier molecular flexibility index (Phi) is 5.14. The fourth-order valence-corrected chi connectivity index (χ4v) is 4.04. The van der Waals surface area contributed by atoms with Crippen LogP contribution in [-0.4, -0.2) is 73.7 Å². The van der Waals surface area contributed by atoms with Crippen LogP contribution in [0.4, 0.5) is 0 Å². The van der Waals surface area contributed by atoms with Crippen molar-refractivity contribution in [3.8, 4) is 0 Å². The lowest BCUT2D eigenvalue weighted by Gasteiger charge is -2.40. The summed E-state index contributed by atoms with van der Waals surface area (Å²) >= 11 is 0. The van der Waals surface area contributed by atoms with Crippen LogP contribution in [0.5, 0.6) is 0 Å². The van der Waals surface area contributed by atoms with Gasteiger partial charge in [0.15, 0.2) is 0 Å². The Labute approximate surface area is 128 Å². The maximum Gasteiger partial charge on any atom is 0.239 e. The Morgan fingerprint density at radius 2 is 2.00 bits per heavy atom. The molecule has 3 fully saturated rings. The van der Waals surface area contributed by atoms with Gasteiger partial charge < -0.3 is 15.0 Å². The van der Waals surface area contributed by atoms with Crippen molar-refractivity contribution in [2.24, 2.45) is 5.92 Å². The van der Waals surface area contributed by atoms with E-state index in [1.54, 1.807) is 0 Å². The first-order chi connectivity index (χ1) is 10.3. The van der Waals surface area contributed by atoms with E-state index in [-0.39, 0.29) is 6.04 Å². The molecule has 0 radical (unpaired) electrons. The molecule has 5 heteroatoms.